The molecule has 0 bridgehead atoms. The summed E-state index contributed by atoms with van der Waals surface area (Å²) in [6, 6.07) is 0. The molecule has 1 amide bonds. The van der Waals surface area contributed by atoms with E-state index >= 15 is 0 Å². The van der Waals surface area contributed by atoms with Crippen LogP contribution in [0.1, 0.15) is 9.80 Å². The largest absolute Gasteiger partial charge is 0.364 e. The van der Waals surface area contributed by atoms with Crippen molar-refractivity contribution >= 4 is 34.1 Å². The molecule has 1 heterocycles. The molecular formula is C5H7N3O3S2. The van der Waals surface area contributed by atoms with Gasteiger partial charge in [0, 0.05) is 5.38 Å². The molecule has 0 aliphatic heterocycles. The van der Waals surface area contributed by atoms with Crippen LogP contribution in [0.25, 0.3) is 0 Å². The normalized spacial score (nSPS) is 12.4. The van der Waals surface area contributed by atoms with Crippen molar-refractivity contribution in [2.75, 3.05) is 11.2 Å². The fourth-order valence-electron chi connectivity index (χ4n) is 0.604. The van der Waals surface area contributed by atoms with Crippen LogP contribution in [0.15, 0.2) is 5.38 Å². The fraction of sp³-hybridized carbons (Fsp3) is 0.200. The number of amides is 1. The van der Waals surface area contributed by atoms with Gasteiger partial charge in [-0.25, -0.2) is 9.19 Å². The lowest BCUT2D eigenvalue weighted by molar-refractivity contribution is 0.1000. The SMILES string of the molecule is NC(=O)c1nc(NCS(=O)O)cs1. The third-order valence-corrected chi connectivity index (χ3v) is 2.34. The zero-order valence-electron chi connectivity index (χ0n) is 6.39. The van der Waals surface area contributed by atoms with Crippen LogP contribution in [0.3, 0.4) is 0 Å². The van der Waals surface area contributed by atoms with Crippen molar-refractivity contribution < 1.29 is 13.6 Å². The van der Waals surface area contributed by atoms with E-state index < -0.39 is 17.0 Å². The number of hydrogen-bond donors (Lipinski definition) is 3. The standard InChI is InChI=1S/C5H7N3O3S2/c6-4(9)5-8-3(1-12-5)7-2-13(10)11/h1,7H,2H2,(H2,6,9)(H,10,11). The van der Waals surface area contributed by atoms with E-state index in [2.05, 4.69) is 10.3 Å². The Morgan fingerprint density at radius 3 is 3.00 bits per heavy atom. The summed E-state index contributed by atoms with van der Waals surface area (Å²) in [5, 5.41) is 4.28. The summed E-state index contributed by atoms with van der Waals surface area (Å²) >= 11 is -0.850. The third kappa shape index (κ3) is 3.09. The number of nitrogens with zero attached hydrogens (tertiary/aromatic N) is 1. The maximum Gasteiger partial charge on any atom is 0.277 e. The Bertz CT molecular complexity index is 338. The Morgan fingerprint density at radius 2 is 2.54 bits per heavy atom. The summed E-state index contributed by atoms with van der Waals surface area (Å²) < 4.78 is 18.7. The second-order valence-corrected chi connectivity index (χ2v) is 3.83. The maximum atomic E-state index is 10.6. The smallest absolute Gasteiger partial charge is 0.277 e. The minimum absolute atomic E-state index is 0.123. The number of hydrogen-bond acceptors (Lipinski definition) is 5. The molecule has 13 heavy (non-hydrogen) atoms. The summed E-state index contributed by atoms with van der Waals surface area (Å²) in [6.07, 6.45) is 0. The summed E-state index contributed by atoms with van der Waals surface area (Å²) in [7, 11) is 0. The number of primary amides is 1. The number of rotatable bonds is 4. The molecule has 1 aromatic rings. The Morgan fingerprint density at radius 1 is 1.85 bits per heavy atom. The molecule has 1 aromatic heterocycles. The van der Waals surface area contributed by atoms with Gasteiger partial charge >= 0.3 is 0 Å². The van der Waals surface area contributed by atoms with E-state index in [1.165, 1.54) is 0 Å². The lowest BCUT2D eigenvalue weighted by Crippen LogP contribution is -2.11. The predicted molar refractivity (Wildman–Crippen MR) is 49.9 cm³/mol. The molecule has 0 saturated heterocycles. The maximum absolute atomic E-state index is 10.6. The Hall–Kier alpha value is -0.990. The molecule has 8 heteroatoms. The minimum Gasteiger partial charge on any atom is -0.364 e. The van der Waals surface area contributed by atoms with E-state index in [4.69, 9.17) is 10.3 Å². The Labute approximate surface area is 80.5 Å². The molecule has 72 valence electrons. The summed E-state index contributed by atoms with van der Waals surface area (Å²) in [4.78, 5) is 14.4. The Kier molecular flexibility index (Phi) is 3.34. The van der Waals surface area contributed by atoms with Crippen LogP contribution in [0.5, 0.6) is 0 Å². The van der Waals surface area contributed by atoms with Crippen LogP contribution in [0, 0.1) is 0 Å². The lowest BCUT2D eigenvalue weighted by atomic mass is 10.6. The van der Waals surface area contributed by atoms with E-state index in [1.54, 1.807) is 5.38 Å². The molecule has 0 aliphatic rings. The van der Waals surface area contributed by atoms with Gasteiger partial charge in [-0.1, -0.05) is 0 Å². The molecular weight excluding hydrogens is 214 g/mol. The quantitative estimate of drug-likeness (QED) is 0.612. The fourth-order valence-corrected chi connectivity index (χ4v) is 1.50. The van der Waals surface area contributed by atoms with Gasteiger partial charge in [-0.05, 0) is 0 Å². The molecule has 1 rings (SSSR count). The van der Waals surface area contributed by atoms with E-state index in [1.807, 2.05) is 0 Å². The van der Waals surface area contributed by atoms with Gasteiger partial charge in [0.25, 0.3) is 5.91 Å². The summed E-state index contributed by atoms with van der Waals surface area (Å²) in [5.74, 6) is -0.355. The van der Waals surface area contributed by atoms with Gasteiger partial charge in [-0.2, -0.15) is 0 Å². The van der Waals surface area contributed by atoms with Crippen molar-refractivity contribution in [3.8, 4) is 0 Å². The number of nitrogens with one attached hydrogen (secondary N) is 1. The minimum atomic E-state index is -1.93. The van der Waals surface area contributed by atoms with Crippen molar-refractivity contribution in [1.29, 1.82) is 0 Å². The first-order chi connectivity index (χ1) is 6.09. The van der Waals surface area contributed by atoms with Gasteiger partial charge < -0.3 is 15.6 Å². The number of anilines is 1. The van der Waals surface area contributed by atoms with Crippen LogP contribution >= 0.6 is 11.3 Å². The van der Waals surface area contributed by atoms with Gasteiger partial charge in [-0.15, -0.1) is 11.3 Å². The van der Waals surface area contributed by atoms with Crippen LogP contribution in [0.2, 0.25) is 0 Å². The molecule has 0 spiro atoms. The van der Waals surface area contributed by atoms with Gasteiger partial charge in [0.2, 0.25) is 0 Å². The monoisotopic (exact) mass is 221 g/mol. The van der Waals surface area contributed by atoms with Crippen molar-refractivity contribution in [2.24, 2.45) is 5.73 Å². The molecule has 1 unspecified atom stereocenters. The molecule has 4 N–H and O–H groups in total. The zero-order valence-corrected chi connectivity index (χ0v) is 8.02. The summed E-state index contributed by atoms with van der Waals surface area (Å²) in [6.45, 7) is 0. The van der Waals surface area contributed by atoms with E-state index in [0.29, 0.717) is 5.82 Å². The van der Waals surface area contributed by atoms with Gasteiger partial charge in [0.05, 0.1) is 0 Å². The van der Waals surface area contributed by atoms with Gasteiger partial charge in [0.15, 0.2) is 16.1 Å². The highest BCUT2D eigenvalue weighted by molar-refractivity contribution is 7.79. The van der Waals surface area contributed by atoms with E-state index in [9.17, 15) is 9.00 Å². The molecule has 0 aromatic carbocycles. The van der Waals surface area contributed by atoms with Crippen LogP contribution in [0.4, 0.5) is 5.82 Å². The third-order valence-electron chi connectivity index (χ3n) is 1.09. The van der Waals surface area contributed by atoms with Crippen LogP contribution in [-0.2, 0) is 11.1 Å². The van der Waals surface area contributed by atoms with Crippen molar-refractivity contribution in [1.82, 2.24) is 4.98 Å². The highest BCUT2D eigenvalue weighted by Crippen LogP contribution is 2.12. The van der Waals surface area contributed by atoms with E-state index in [-0.39, 0.29) is 10.9 Å². The topological polar surface area (TPSA) is 105 Å². The average molecular weight is 221 g/mol. The van der Waals surface area contributed by atoms with Crippen molar-refractivity contribution in [3.63, 3.8) is 0 Å². The molecule has 0 radical (unpaired) electrons. The zero-order chi connectivity index (χ0) is 9.84. The number of carbonyl (C=O) groups is 1. The molecule has 0 aliphatic carbocycles. The van der Waals surface area contributed by atoms with Gasteiger partial charge in [0.1, 0.15) is 11.7 Å². The molecule has 1 atom stereocenters. The second kappa shape index (κ2) is 4.30. The van der Waals surface area contributed by atoms with Crippen molar-refractivity contribution in [2.45, 2.75) is 0 Å². The average Bonchev–Trinajstić information content (AvgIpc) is 2.48. The first-order valence-corrected chi connectivity index (χ1v) is 5.32. The summed E-state index contributed by atoms with van der Waals surface area (Å²) in [5.41, 5.74) is 4.95. The Balaban J connectivity index is 2.59. The van der Waals surface area contributed by atoms with Gasteiger partial charge in [-0.3, -0.25) is 4.79 Å². The molecule has 6 nitrogen and oxygen atoms in total. The molecule has 0 fully saturated rings. The lowest BCUT2D eigenvalue weighted by Gasteiger charge is -1.96. The highest BCUT2D eigenvalue weighted by Gasteiger charge is 2.06. The second-order valence-electron chi connectivity index (χ2n) is 2.04. The molecule has 0 saturated carbocycles. The number of thiazole rings is 1. The first kappa shape index (κ1) is 10.1. The van der Waals surface area contributed by atoms with Crippen molar-refractivity contribution in [3.05, 3.63) is 10.4 Å². The first-order valence-electron chi connectivity index (χ1n) is 3.16. The number of carbonyl (C=O) groups excluding carboxylic acids is 1. The highest BCUT2D eigenvalue weighted by atomic mass is 32.2. The number of nitrogens with two attached hydrogens (primary N) is 1. The van der Waals surface area contributed by atoms with E-state index in [0.717, 1.165) is 11.3 Å². The number of aromatic nitrogens is 1. The van der Waals surface area contributed by atoms with Crippen LogP contribution in [-0.4, -0.2) is 25.5 Å². The predicted octanol–water partition coefficient (Wildman–Crippen LogP) is -0.167. The van der Waals surface area contributed by atoms with Crippen LogP contribution < -0.4 is 11.1 Å².